The summed E-state index contributed by atoms with van der Waals surface area (Å²) >= 11 is 0. The van der Waals surface area contributed by atoms with Crippen molar-refractivity contribution >= 4 is 5.97 Å². The van der Waals surface area contributed by atoms with Crippen LogP contribution in [0.2, 0.25) is 0 Å². The lowest BCUT2D eigenvalue weighted by Crippen LogP contribution is -2.51. The van der Waals surface area contributed by atoms with Crippen LogP contribution < -0.4 is 5.73 Å². The molecule has 3 heteroatoms. The molecule has 2 saturated carbocycles. The van der Waals surface area contributed by atoms with Crippen LogP contribution in [0.25, 0.3) is 0 Å². The molecule has 0 aromatic heterocycles. The largest absolute Gasteiger partial charge is 0.481 e. The van der Waals surface area contributed by atoms with E-state index in [0.29, 0.717) is 18.4 Å². The van der Waals surface area contributed by atoms with Gasteiger partial charge in [0.25, 0.3) is 0 Å². The Labute approximate surface area is 108 Å². The summed E-state index contributed by atoms with van der Waals surface area (Å²) in [6, 6.07) is 0. The van der Waals surface area contributed by atoms with Gasteiger partial charge in [-0.3, -0.25) is 4.79 Å². The minimum absolute atomic E-state index is 0.127. The molecular formula is C15H23NO2. The van der Waals surface area contributed by atoms with Crippen LogP contribution in [0.3, 0.4) is 0 Å². The fourth-order valence-corrected chi connectivity index (χ4v) is 4.06. The molecule has 0 heterocycles. The van der Waals surface area contributed by atoms with Gasteiger partial charge < -0.3 is 10.8 Å². The van der Waals surface area contributed by atoms with Gasteiger partial charge in [-0.2, -0.15) is 0 Å². The van der Waals surface area contributed by atoms with E-state index in [9.17, 15) is 4.79 Å². The molecule has 3 nitrogen and oxygen atoms in total. The molecule has 0 bridgehead atoms. The number of carboxylic acids is 1. The summed E-state index contributed by atoms with van der Waals surface area (Å²) in [6.45, 7) is 0.521. The predicted molar refractivity (Wildman–Crippen MR) is 70.0 cm³/mol. The van der Waals surface area contributed by atoms with Gasteiger partial charge in [-0.25, -0.2) is 0 Å². The van der Waals surface area contributed by atoms with Crippen molar-refractivity contribution in [3.63, 3.8) is 0 Å². The Balaban J connectivity index is 1.62. The zero-order chi connectivity index (χ0) is 12.8. The van der Waals surface area contributed by atoms with Crippen molar-refractivity contribution < 1.29 is 9.90 Å². The Hall–Kier alpha value is -0.830. The molecule has 0 saturated heterocycles. The van der Waals surface area contributed by atoms with Gasteiger partial charge in [-0.05, 0) is 55.4 Å². The minimum Gasteiger partial charge on any atom is -0.481 e. The van der Waals surface area contributed by atoms with Crippen LogP contribution in [-0.4, -0.2) is 17.6 Å². The van der Waals surface area contributed by atoms with Gasteiger partial charge in [-0.15, -0.1) is 0 Å². The third-order valence-electron chi connectivity index (χ3n) is 5.30. The molecule has 3 atom stereocenters. The molecule has 3 rings (SSSR count). The van der Waals surface area contributed by atoms with Crippen LogP contribution >= 0.6 is 0 Å². The quantitative estimate of drug-likeness (QED) is 0.711. The van der Waals surface area contributed by atoms with Crippen molar-refractivity contribution in [2.24, 2.45) is 28.9 Å². The molecule has 3 N–H and O–H groups in total. The Morgan fingerprint density at radius 3 is 2.89 bits per heavy atom. The van der Waals surface area contributed by atoms with Gasteiger partial charge >= 0.3 is 5.97 Å². The van der Waals surface area contributed by atoms with Crippen molar-refractivity contribution in [3.05, 3.63) is 11.6 Å². The standard InChI is InChI=1S/C15H23NO2/c16-9-15(8-14(17)18)7-12-5-11(6-13(12)15)4-3-10-1-2-10/h6,10,12-13H,1-5,7-9,16H2,(H,17,18)/t12-,13-,15-/m1/s1. The number of hydrogen-bond donors (Lipinski definition) is 2. The van der Waals surface area contributed by atoms with E-state index in [0.717, 1.165) is 12.3 Å². The molecule has 3 aliphatic carbocycles. The highest BCUT2D eigenvalue weighted by molar-refractivity contribution is 5.68. The van der Waals surface area contributed by atoms with Gasteiger partial charge in [0.1, 0.15) is 0 Å². The van der Waals surface area contributed by atoms with E-state index in [1.54, 1.807) is 5.57 Å². The maximum Gasteiger partial charge on any atom is 0.303 e. The maximum atomic E-state index is 11.0. The number of fused-ring (bicyclic) bond motifs is 1. The fraction of sp³-hybridized carbons (Fsp3) is 0.800. The SMILES string of the molecule is NC[C@]1(CC(=O)O)C[C@H]2CC(CCC3CC3)=C[C@H]21. The van der Waals surface area contributed by atoms with E-state index in [2.05, 4.69) is 6.08 Å². The third-order valence-corrected chi connectivity index (χ3v) is 5.30. The molecule has 0 unspecified atom stereocenters. The third kappa shape index (κ3) is 2.09. The number of rotatable bonds is 6. The molecule has 18 heavy (non-hydrogen) atoms. The molecule has 100 valence electrons. The summed E-state index contributed by atoms with van der Waals surface area (Å²) < 4.78 is 0. The average Bonchev–Trinajstić information content (AvgIpc) is 3.07. The van der Waals surface area contributed by atoms with E-state index in [4.69, 9.17) is 10.8 Å². The van der Waals surface area contributed by atoms with E-state index < -0.39 is 5.97 Å². The second kappa shape index (κ2) is 4.37. The molecular weight excluding hydrogens is 226 g/mol. The lowest BCUT2D eigenvalue weighted by atomic mass is 9.53. The van der Waals surface area contributed by atoms with Gasteiger partial charge in [-0.1, -0.05) is 24.5 Å². The number of aliphatic carboxylic acids is 1. The highest BCUT2D eigenvalue weighted by Gasteiger charge is 2.54. The van der Waals surface area contributed by atoms with Crippen LogP contribution in [0.5, 0.6) is 0 Å². The number of hydrogen-bond acceptors (Lipinski definition) is 2. The van der Waals surface area contributed by atoms with E-state index in [1.807, 2.05) is 0 Å². The molecule has 0 aliphatic heterocycles. The van der Waals surface area contributed by atoms with E-state index in [-0.39, 0.29) is 11.8 Å². The van der Waals surface area contributed by atoms with E-state index in [1.165, 1.54) is 32.1 Å². The maximum absolute atomic E-state index is 11.0. The van der Waals surface area contributed by atoms with Crippen molar-refractivity contribution in [3.8, 4) is 0 Å². The Morgan fingerprint density at radius 1 is 1.50 bits per heavy atom. The summed E-state index contributed by atoms with van der Waals surface area (Å²) in [5.41, 5.74) is 7.31. The van der Waals surface area contributed by atoms with Gasteiger partial charge in [0.05, 0.1) is 6.42 Å². The monoisotopic (exact) mass is 249 g/mol. The first-order valence-electron chi connectivity index (χ1n) is 7.24. The molecule has 0 radical (unpaired) electrons. The number of carbonyl (C=O) groups is 1. The first-order valence-corrected chi connectivity index (χ1v) is 7.24. The lowest BCUT2D eigenvalue weighted by molar-refractivity contribution is -0.144. The lowest BCUT2D eigenvalue weighted by Gasteiger charge is -2.51. The summed E-state index contributed by atoms with van der Waals surface area (Å²) in [7, 11) is 0. The highest BCUT2D eigenvalue weighted by Crippen LogP contribution is 2.59. The zero-order valence-electron chi connectivity index (χ0n) is 10.9. The number of allylic oxidation sites excluding steroid dienone is 2. The molecule has 0 aromatic carbocycles. The average molecular weight is 249 g/mol. The van der Waals surface area contributed by atoms with Crippen LogP contribution in [0.4, 0.5) is 0 Å². The highest BCUT2D eigenvalue weighted by atomic mass is 16.4. The Morgan fingerprint density at radius 2 is 2.28 bits per heavy atom. The number of carboxylic acid groups (broad SMARTS) is 1. The summed E-state index contributed by atoms with van der Waals surface area (Å²) in [6.07, 6.45) is 10.3. The van der Waals surface area contributed by atoms with Crippen molar-refractivity contribution in [2.75, 3.05) is 6.54 Å². The van der Waals surface area contributed by atoms with Crippen LogP contribution in [-0.2, 0) is 4.79 Å². The Bertz CT molecular complexity index is 386. The molecule has 2 fully saturated rings. The van der Waals surface area contributed by atoms with Gasteiger partial charge in [0.2, 0.25) is 0 Å². The topological polar surface area (TPSA) is 63.3 Å². The number of nitrogens with two attached hydrogens (primary N) is 1. The van der Waals surface area contributed by atoms with Crippen molar-refractivity contribution in [2.45, 2.75) is 44.9 Å². The van der Waals surface area contributed by atoms with Crippen LogP contribution in [0.1, 0.15) is 44.9 Å². The van der Waals surface area contributed by atoms with E-state index >= 15 is 0 Å². The fourth-order valence-electron chi connectivity index (χ4n) is 4.06. The van der Waals surface area contributed by atoms with Crippen molar-refractivity contribution in [1.29, 1.82) is 0 Å². The Kier molecular flexibility index (Phi) is 2.97. The zero-order valence-corrected chi connectivity index (χ0v) is 10.9. The first-order chi connectivity index (χ1) is 8.63. The molecule has 0 spiro atoms. The predicted octanol–water partition coefficient (Wildman–Crippen LogP) is 2.56. The summed E-state index contributed by atoms with van der Waals surface area (Å²) in [5, 5.41) is 9.04. The van der Waals surface area contributed by atoms with Crippen LogP contribution in [0, 0.1) is 23.2 Å². The summed E-state index contributed by atoms with van der Waals surface area (Å²) in [5.74, 6) is 1.44. The second-order valence-electron chi connectivity index (χ2n) is 6.64. The van der Waals surface area contributed by atoms with Gasteiger partial charge in [0.15, 0.2) is 0 Å². The summed E-state index contributed by atoms with van der Waals surface area (Å²) in [4.78, 5) is 11.0. The minimum atomic E-state index is -0.696. The normalized spacial score (nSPS) is 37.9. The molecule has 3 aliphatic rings. The van der Waals surface area contributed by atoms with Crippen molar-refractivity contribution in [1.82, 2.24) is 0 Å². The smallest absolute Gasteiger partial charge is 0.303 e. The molecule has 0 aromatic rings. The second-order valence-corrected chi connectivity index (χ2v) is 6.64. The van der Waals surface area contributed by atoms with Crippen LogP contribution in [0.15, 0.2) is 11.6 Å². The van der Waals surface area contributed by atoms with Gasteiger partial charge in [0, 0.05) is 0 Å². The molecule has 0 amide bonds. The first kappa shape index (κ1) is 12.2.